The van der Waals surface area contributed by atoms with E-state index >= 15 is 0 Å². The lowest BCUT2D eigenvalue weighted by Gasteiger charge is -2.10. The predicted octanol–water partition coefficient (Wildman–Crippen LogP) is 3.62. The van der Waals surface area contributed by atoms with E-state index in [1.54, 1.807) is 0 Å². The molecule has 0 bridgehead atoms. The van der Waals surface area contributed by atoms with Crippen LogP contribution in [0.1, 0.15) is 0 Å². The largest absolute Gasteiger partial charge is 0.398 e. The summed E-state index contributed by atoms with van der Waals surface area (Å²) in [6, 6.07) is 7.72. The normalized spacial score (nSPS) is 11.3. The van der Waals surface area contributed by atoms with Crippen LogP contribution in [0.15, 0.2) is 45.8 Å². The summed E-state index contributed by atoms with van der Waals surface area (Å²) in [5.41, 5.74) is 5.67. The number of benzene rings is 2. The first-order chi connectivity index (χ1) is 9.29. The van der Waals surface area contributed by atoms with Crippen molar-refractivity contribution in [3.05, 3.63) is 51.7 Å². The van der Waals surface area contributed by atoms with Gasteiger partial charge >= 0.3 is 0 Å². The second-order valence-corrected chi connectivity index (χ2v) is 6.89. The Morgan fingerprint density at radius 1 is 1.20 bits per heavy atom. The van der Waals surface area contributed by atoms with Crippen LogP contribution in [0.25, 0.3) is 0 Å². The standard InChI is InChI=1S/C12H9BrClFN2O2S/c13-9-3-2-8(6-11(9)16)20(18,19)17-12-5-7(14)1-4-10(12)15/h1-6,17H,16H2. The molecule has 20 heavy (non-hydrogen) atoms. The maximum atomic E-state index is 13.5. The van der Waals surface area contributed by atoms with Gasteiger partial charge in [-0.05, 0) is 52.3 Å². The van der Waals surface area contributed by atoms with E-state index in [2.05, 4.69) is 20.7 Å². The SMILES string of the molecule is Nc1cc(S(=O)(=O)Nc2cc(Cl)ccc2F)ccc1Br. The van der Waals surface area contributed by atoms with Gasteiger partial charge < -0.3 is 5.73 Å². The van der Waals surface area contributed by atoms with Crippen molar-refractivity contribution in [1.29, 1.82) is 0 Å². The molecule has 0 heterocycles. The van der Waals surface area contributed by atoms with Crippen molar-refractivity contribution in [1.82, 2.24) is 0 Å². The predicted molar refractivity (Wildman–Crippen MR) is 80.8 cm³/mol. The zero-order valence-corrected chi connectivity index (χ0v) is 13.1. The second-order valence-electron chi connectivity index (χ2n) is 3.91. The van der Waals surface area contributed by atoms with Crippen molar-refractivity contribution >= 4 is 48.9 Å². The second kappa shape index (κ2) is 5.59. The maximum Gasteiger partial charge on any atom is 0.262 e. The molecule has 0 aliphatic carbocycles. The summed E-state index contributed by atoms with van der Waals surface area (Å²) in [5, 5.41) is 0.222. The van der Waals surface area contributed by atoms with Crippen LogP contribution in [0, 0.1) is 5.82 Å². The summed E-state index contributed by atoms with van der Waals surface area (Å²) < 4.78 is 40.5. The number of nitrogens with one attached hydrogen (secondary N) is 1. The third-order valence-electron chi connectivity index (χ3n) is 2.45. The van der Waals surface area contributed by atoms with Crippen LogP contribution in [0.2, 0.25) is 5.02 Å². The Morgan fingerprint density at radius 2 is 1.90 bits per heavy atom. The molecule has 0 atom stereocenters. The fraction of sp³-hybridized carbons (Fsp3) is 0. The quantitative estimate of drug-likeness (QED) is 0.800. The number of anilines is 2. The fourth-order valence-electron chi connectivity index (χ4n) is 1.47. The van der Waals surface area contributed by atoms with E-state index in [0.717, 1.165) is 6.07 Å². The van der Waals surface area contributed by atoms with E-state index < -0.39 is 15.8 Å². The molecule has 3 N–H and O–H groups in total. The Hall–Kier alpha value is -1.31. The van der Waals surface area contributed by atoms with E-state index in [1.165, 1.54) is 30.3 Å². The highest BCUT2D eigenvalue weighted by Crippen LogP contribution is 2.26. The molecule has 2 aromatic rings. The van der Waals surface area contributed by atoms with Gasteiger partial charge in [0, 0.05) is 15.2 Å². The average molecular weight is 380 g/mol. The lowest BCUT2D eigenvalue weighted by molar-refractivity contribution is 0.598. The van der Waals surface area contributed by atoms with Crippen LogP contribution in [0.5, 0.6) is 0 Å². The Bertz CT molecular complexity index is 768. The topological polar surface area (TPSA) is 72.2 Å². The molecule has 106 valence electrons. The van der Waals surface area contributed by atoms with Crippen molar-refractivity contribution in [3.8, 4) is 0 Å². The van der Waals surface area contributed by atoms with Crippen molar-refractivity contribution in [2.45, 2.75) is 4.90 Å². The molecule has 0 aliphatic rings. The zero-order valence-electron chi connectivity index (χ0n) is 9.90. The molecule has 0 aliphatic heterocycles. The van der Waals surface area contributed by atoms with Crippen LogP contribution in [-0.4, -0.2) is 8.42 Å². The minimum atomic E-state index is -3.94. The van der Waals surface area contributed by atoms with Crippen LogP contribution in [-0.2, 0) is 10.0 Å². The highest BCUT2D eigenvalue weighted by atomic mass is 79.9. The Kier molecular flexibility index (Phi) is 4.22. The summed E-state index contributed by atoms with van der Waals surface area (Å²) in [7, 11) is -3.94. The smallest absolute Gasteiger partial charge is 0.262 e. The van der Waals surface area contributed by atoms with Crippen molar-refractivity contribution in [2.75, 3.05) is 10.5 Å². The minimum Gasteiger partial charge on any atom is -0.398 e. The Morgan fingerprint density at radius 3 is 2.55 bits per heavy atom. The summed E-state index contributed by atoms with van der Waals surface area (Å²) >= 11 is 8.88. The summed E-state index contributed by atoms with van der Waals surface area (Å²) in [6.45, 7) is 0. The summed E-state index contributed by atoms with van der Waals surface area (Å²) in [6.07, 6.45) is 0. The molecule has 2 aromatic carbocycles. The number of nitrogens with two attached hydrogens (primary N) is 1. The molecule has 0 amide bonds. The number of hydrogen-bond donors (Lipinski definition) is 2. The van der Waals surface area contributed by atoms with Gasteiger partial charge in [-0.25, -0.2) is 12.8 Å². The molecule has 0 spiro atoms. The van der Waals surface area contributed by atoms with E-state index in [1.807, 2.05) is 0 Å². The fourth-order valence-corrected chi connectivity index (χ4v) is 2.98. The molecule has 2 rings (SSSR count). The van der Waals surface area contributed by atoms with Crippen molar-refractivity contribution in [2.24, 2.45) is 0 Å². The molecule has 0 saturated heterocycles. The van der Waals surface area contributed by atoms with Gasteiger partial charge in [0.05, 0.1) is 10.6 Å². The molecule has 0 radical (unpaired) electrons. The number of nitrogen functional groups attached to an aromatic ring is 1. The number of rotatable bonds is 3. The Balaban J connectivity index is 2.40. The first-order valence-electron chi connectivity index (χ1n) is 5.32. The third-order valence-corrected chi connectivity index (χ3v) is 4.77. The zero-order chi connectivity index (χ0) is 14.9. The van der Waals surface area contributed by atoms with E-state index in [-0.39, 0.29) is 21.3 Å². The molecule has 0 aromatic heterocycles. The minimum absolute atomic E-state index is 0.0717. The van der Waals surface area contributed by atoms with Crippen LogP contribution in [0.3, 0.4) is 0 Å². The van der Waals surface area contributed by atoms with Crippen molar-refractivity contribution < 1.29 is 12.8 Å². The molecular weight excluding hydrogens is 371 g/mol. The lowest BCUT2D eigenvalue weighted by atomic mass is 10.3. The van der Waals surface area contributed by atoms with Crippen LogP contribution >= 0.6 is 27.5 Å². The van der Waals surface area contributed by atoms with E-state index in [0.29, 0.717) is 4.47 Å². The summed E-state index contributed by atoms with van der Waals surface area (Å²) in [4.78, 5) is -0.0717. The monoisotopic (exact) mass is 378 g/mol. The highest BCUT2D eigenvalue weighted by molar-refractivity contribution is 9.10. The van der Waals surface area contributed by atoms with E-state index in [4.69, 9.17) is 17.3 Å². The average Bonchev–Trinajstić information content (AvgIpc) is 2.36. The number of sulfonamides is 1. The molecule has 8 heteroatoms. The van der Waals surface area contributed by atoms with E-state index in [9.17, 15) is 12.8 Å². The number of hydrogen-bond acceptors (Lipinski definition) is 3. The Labute approximate surface area is 128 Å². The molecule has 0 unspecified atom stereocenters. The molecule has 0 fully saturated rings. The third kappa shape index (κ3) is 3.23. The molecule has 4 nitrogen and oxygen atoms in total. The van der Waals surface area contributed by atoms with Crippen molar-refractivity contribution in [3.63, 3.8) is 0 Å². The van der Waals surface area contributed by atoms with Gasteiger partial charge in [-0.15, -0.1) is 0 Å². The van der Waals surface area contributed by atoms with Gasteiger partial charge in [0.1, 0.15) is 5.82 Å². The molecular formula is C12H9BrClFN2O2S. The van der Waals surface area contributed by atoms with Crippen LogP contribution < -0.4 is 10.5 Å². The van der Waals surface area contributed by atoms with Gasteiger partial charge in [0.25, 0.3) is 10.0 Å². The van der Waals surface area contributed by atoms with Gasteiger partial charge in [0.15, 0.2) is 0 Å². The highest BCUT2D eigenvalue weighted by Gasteiger charge is 2.17. The first-order valence-corrected chi connectivity index (χ1v) is 7.98. The maximum absolute atomic E-state index is 13.5. The number of halogens is 3. The van der Waals surface area contributed by atoms with Gasteiger partial charge in [0.2, 0.25) is 0 Å². The first kappa shape index (κ1) is 15.1. The van der Waals surface area contributed by atoms with Gasteiger partial charge in [-0.1, -0.05) is 11.6 Å². The summed E-state index contributed by atoms with van der Waals surface area (Å²) in [5.74, 6) is -0.719. The lowest BCUT2D eigenvalue weighted by Crippen LogP contribution is -2.14. The van der Waals surface area contributed by atoms with Crippen LogP contribution in [0.4, 0.5) is 15.8 Å². The van der Waals surface area contributed by atoms with Gasteiger partial charge in [-0.2, -0.15) is 0 Å². The molecule has 0 saturated carbocycles. The van der Waals surface area contributed by atoms with Gasteiger partial charge in [-0.3, -0.25) is 4.72 Å².